The molecule has 0 saturated heterocycles. The topological polar surface area (TPSA) is 86.8 Å². The molecule has 2 aromatic rings. The van der Waals surface area contributed by atoms with Gasteiger partial charge in [0.25, 0.3) is 0 Å². The van der Waals surface area contributed by atoms with Crippen molar-refractivity contribution in [3.8, 4) is 0 Å². The van der Waals surface area contributed by atoms with Gasteiger partial charge in [-0.15, -0.1) is 0 Å². The summed E-state index contributed by atoms with van der Waals surface area (Å²) < 4.78 is 26.5. The predicted octanol–water partition coefficient (Wildman–Crippen LogP) is 4.39. The molecule has 0 radical (unpaired) electrons. The van der Waals surface area contributed by atoms with Crippen molar-refractivity contribution in [2.24, 2.45) is 0 Å². The van der Waals surface area contributed by atoms with E-state index in [0.29, 0.717) is 12.2 Å². The van der Waals surface area contributed by atoms with Gasteiger partial charge in [-0.05, 0) is 48.9 Å². The maximum absolute atomic E-state index is 13.6. The van der Waals surface area contributed by atoms with E-state index in [4.69, 9.17) is 0 Å². The van der Waals surface area contributed by atoms with Crippen LogP contribution in [0.25, 0.3) is 0 Å². The molecule has 0 spiro atoms. The third kappa shape index (κ3) is 8.36. The highest BCUT2D eigenvalue weighted by Gasteiger charge is 2.30. The van der Waals surface area contributed by atoms with Crippen LogP contribution >= 0.6 is 0 Å². The Hall–Kier alpha value is -2.87. The minimum atomic E-state index is -3.75. The summed E-state index contributed by atoms with van der Waals surface area (Å²) in [5, 5.41) is 2.88. The molecule has 0 fully saturated rings. The Morgan fingerprint density at radius 3 is 2.08 bits per heavy atom. The number of aryl methyl sites for hydroxylation is 1. The van der Waals surface area contributed by atoms with Gasteiger partial charge in [-0.1, -0.05) is 76.1 Å². The predicted molar refractivity (Wildman–Crippen MR) is 146 cm³/mol. The molecule has 1 atom stereocenters. The molecule has 198 valence electrons. The van der Waals surface area contributed by atoms with E-state index in [-0.39, 0.29) is 17.9 Å². The summed E-state index contributed by atoms with van der Waals surface area (Å²) in [4.78, 5) is 27.9. The van der Waals surface area contributed by atoms with E-state index in [1.54, 1.807) is 19.1 Å². The highest BCUT2D eigenvalue weighted by Crippen LogP contribution is 2.26. The Kier molecular flexibility index (Phi) is 10.1. The normalized spacial score (nSPS) is 12.6. The zero-order valence-electron chi connectivity index (χ0n) is 22.7. The van der Waals surface area contributed by atoms with E-state index >= 15 is 0 Å². The number of rotatable bonds is 11. The lowest BCUT2D eigenvalue weighted by molar-refractivity contribution is -0.139. The fourth-order valence-corrected chi connectivity index (χ4v) is 4.60. The number of anilines is 1. The number of amides is 2. The van der Waals surface area contributed by atoms with Crippen molar-refractivity contribution < 1.29 is 18.0 Å². The van der Waals surface area contributed by atoms with Crippen molar-refractivity contribution in [2.45, 2.75) is 72.4 Å². The monoisotopic (exact) mass is 515 g/mol. The number of unbranched alkanes of at least 4 members (excludes halogenated alkanes) is 1. The molecule has 1 N–H and O–H groups in total. The number of carbonyl (C=O) groups is 2. The summed E-state index contributed by atoms with van der Waals surface area (Å²) in [5.41, 5.74) is 3.33. The van der Waals surface area contributed by atoms with Crippen LogP contribution in [0.1, 0.15) is 64.2 Å². The van der Waals surface area contributed by atoms with E-state index in [1.807, 2.05) is 50.2 Å². The molecule has 0 aromatic heterocycles. The molecule has 0 aliphatic heterocycles. The minimum Gasteiger partial charge on any atom is -0.354 e. The lowest BCUT2D eigenvalue weighted by Crippen LogP contribution is -2.51. The third-order valence-corrected chi connectivity index (χ3v) is 7.31. The van der Waals surface area contributed by atoms with Gasteiger partial charge in [0, 0.05) is 13.1 Å². The second kappa shape index (κ2) is 12.4. The molecule has 2 amide bonds. The molecular weight excluding hydrogens is 474 g/mol. The van der Waals surface area contributed by atoms with Crippen LogP contribution in [0.5, 0.6) is 0 Å². The molecule has 2 rings (SSSR count). The van der Waals surface area contributed by atoms with Crippen molar-refractivity contribution in [1.82, 2.24) is 10.2 Å². The molecule has 0 bridgehead atoms. The minimum absolute atomic E-state index is 0.0876. The molecule has 0 unspecified atom stereocenters. The summed E-state index contributed by atoms with van der Waals surface area (Å²) >= 11 is 0. The van der Waals surface area contributed by atoms with Gasteiger partial charge < -0.3 is 10.2 Å². The smallest absolute Gasteiger partial charge is 0.244 e. The molecule has 0 aliphatic rings. The third-order valence-electron chi connectivity index (χ3n) is 6.17. The van der Waals surface area contributed by atoms with Gasteiger partial charge in [0.1, 0.15) is 12.6 Å². The average Bonchev–Trinajstić information content (AvgIpc) is 2.80. The SMILES string of the molecule is CCCCNC(=O)[C@@H](C)N(Cc1ccc(C)cc1)C(=O)CN(c1ccc(C(C)(C)C)cc1)S(C)(=O)=O. The number of sulfonamides is 1. The van der Waals surface area contributed by atoms with E-state index in [1.165, 1.54) is 4.90 Å². The Labute approximate surface area is 216 Å². The van der Waals surface area contributed by atoms with Gasteiger partial charge in [0.2, 0.25) is 21.8 Å². The zero-order chi connectivity index (χ0) is 27.1. The van der Waals surface area contributed by atoms with E-state index in [9.17, 15) is 18.0 Å². The number of hydrogen-bond donors (Lipinski definition) is 1. The van der Waals surface area contributed by atoms with Crippen LogP contribution in [0.15, 0.2) is 48.5 Å². The van der Waals surface area contributed by atoms with Gasteiger partial charge in [0.05, 0.1) is 11.9 Å². The maximum Gasteiger partial charge on any atom is 0.244 e. The molecule has 7 nitrogen and oxygen atoms in total. The molecule has 2 aromatic carbocycles. The quantitative estimate of drug-likeness (QED) is 0.450. The number of carbonyl (C=O) groups excluding carboxylic acids is 2. The highest BCUT2D eigenvalue weighted by molar-refractivity contribution is 7.92. The molecular formula is C28H41N3O4S. The molecule has 8 heteroatoms. The van der Waals surface area contributed by atoms with Crippen molar-refractivity contribution in [3.05, 3.63) is 65.2 Å². The van der Waals surface area contributed by atoms with Crippen LogP contribution in [0.2, 0.25) is 0 Å². The first-order valence-electron chi connectivity index (χ1n) is 12.4. The first-order valence-corrected chi connectivity index (χ1v) is 14.3. The Morgan fingerprint density at radius 1 is 1.00 bits per heavy atom. The summed E-state index contributed by atoms with van der Waals surface area (Å²) in [6, 6.07) is 14.2. The summed E-state index contributed by atoms with van der Waals surface area (Å²) in [5.74, 6) is -0.705. The Morgan fingerprint density at radius 2 is 1.58 bits per heavy atom. The highest BCUT2D eigenvalue weighted by atomic mass is 32.2. The first-order chi connectivity index (χ1) is 16.7. The van der Waals surface area contributed by atoms with Gasteiger partial charge in [0.15, 0.2) is 0 Å². The Bertz CT molecular complexity index is 1120. The lowest BCUT2D eigenvalue weighted by Gasteiger charge is -2.31. The zero-order valence-corrected chi connectivity index (χ0v) is 23.5. The number of nitrogens with one attached hydrogen (secondary N) is 1. The second-order valence-electron chi connectivity index (χ2n) is 10.4. The summed E-state index contributed by atoms with van der Waals surface area (Å²) in [6.45, 7) is 12.3. The van der Waals surface area contributed by atoms with Crippen LogP contribution in [0.4, 0.5) is 5.69 Å². The molecule has 0 heterocycles. The van der Waals surface area contributed by atoms with Gasteiger partial charge >= 0.3 is 0 Å². The van der Waals surface area contributed by atoms with E-state index in [0.717, 1.165) is 40.1 Å². The van der Waals surface area contributed by atoms with E-state index in [2.05, 4.69) is 26.1 Å². The standard InChI is InChI=1S/C28H41N3O4S/c1-8-9-18-29-27(33)22(3)30(19-23-12-10-21(2)11-13-23)26(32)20-31(36(7,34)35)25-16-14-24(15-17-25)28(4,5)6/h10-17,22H,8-9,18-20H2,1-7H3,(H,29,33)/t22-/m1/s1. The summed E-state index contributed by atoms with van der Waals surface area (Å²) in [6.07, 6.45) is 2.87. The maximum atomic E-state index is 13.6. The summed E-state index contributed by atoms with van der Waals surface area (Å²) in [7, 11) is -3.75. The van der Waals surface area contributed by atoms with Crippen molar-refractivity contribution in [3.63, 3.8) is 0 Å². The number of hydrogen-bond acceptors (Lipinski definition) is 4. The fourth-order valence-electron chi connectivity index (χ4n) is 3.75. The van der Waals surface area contributed by atoms with Gasteiger partial charge in [-0.25, -0.2) is 8.42 Å². The van der Waals surface area contributed by atoms with Crippen LogP contribution < -0.4 is 9.62 Å². The largest absolute Gasteiger partial charge is 0.354 e. The van der Waals surface area contributed by atoms with Crippen molar-refractivity contribution in [1.29, 1.82) is 0 Å². The van der Waals surface area contributed by atoms with Gasteiger partial charge in [-0.2, -0.15) is 0 Å². The van der Waals surface area contributed by atoms with E-state index < -0.39 is 28.5 Å². The molecule has 36 heavy (non-hydrogen) atoms. The van der Waals surface area contributed by atoms with Gasteiger partial charge in [-0.3, -0.25) is 13.9 Å². The van der Waals surface area contributed by atoms with Crippen LogP contribution in [-0.4, -0.2) is 50.5 Å². The fraction of sp³-hybridized carbons (Fsp3) is 0.500. The van der Waals surface area contributed by atoms with Crippen molar-refractivity contribution >= 4 is 27.5 Å². The van der Waals surface area contributed by atoms with Crippen LogP contribution in [0.3, 0.4) is 0 Å². The van der Waals surface area contributed by atoms with Crippen LogP contribution in [-0.2, 0) is 31.6 Å². The van der Waals surface area contributed by atoms with Crippen LogP contribution in [0, 0.1) is 6.92 Å². The second-order valence-corrected chi connectivity index (χ2v) is 12.3. The first kappa shape index (κ1) is 29.4. The van der Waals surface area contributed by atoms with Crippen molar-refractivity contribution in [2.75, 3.05) is 23.7 Å². The average molecular weight is 516 g/mol. The lowest BCUT2D eigenvalue weighted by atomic mass is 9.87. The number of nitrogens with zero attached hydrogens (tertiary/aromatic N) is 2. The molecule has 0 aliphatic carbocycles. The Balaban J connectivity index is 2.35. The number of benzene rings is 2. The molecule has 0 saturated carbocycles.